The van der Waals surface area contributed by atoms with E-state index in [-0.39, 0.29) is 10.4 Å². The topological polar surface area (TPSA) is 0 Å². The SMILES string of the molecule is FC(F)(F)c1cc(Cl)c2cccc(C(F)(F)F)c2c1. The van der Waals surface area contributed by atoms with Gasteiger partial charge in [0.2, 0.25) is 0 Å². The van der Waals surface area contributed by atoms with Gasteiger partial charge in [-0.3, -0.25) is 0 Å². The van der Waals surface area contributed by atoms with Gasteiger partial charge in [-0.05, 0) is 23.6 Å². The van der Waals surface area contributed by atoms with Gasteiger partial charge >= 0.3 is 12.4 Å². The molecule has 0 aliphatic carbocycles. The van der Waals surface area contributed by atoms with Crippen LogP contribution < -0.4 is 0 Å². The highest BCUT2D eigenvalue weighted by Gasteiger charge is 2.35. The van der Waals surface area contributed by atoms with Crippen LogP contribution in [-0.4, -0.2) is 0 Å². The zero-order valence-corrected chi connectivity index (χ0v) is 9.79. The summed E-state index contributed by atoms with van der Waals surface area (Å²) < 4.78 is 76.0. The molecule has 2 rings (SSSR count). The van der Waals surface area contributed by atoms with Crippen LogP contribution in [-0.2, 0) is 12.4 Å². The van der Waals surface area contributed by atoms with Crippen LogP contribution in [0.2, 0.25) is 5.02 Å². The van der Waals surface area contributed by atoms with E-state index in [9.17, 15) is 26.3 Å². The maximum atomic E-state index is 12.8. The standard InChI is InChI=1S/C12H5ClF6/c13-10-5-6(11(14,15)16)4-8-7(10)2-1-3-9(8)12(17,18)19/h1-5H. The fourth-order valence-electron chi connectivity index (χ4n) is 1.75. The molecule has 0 N–H and O–H groups in total. The van der Waals surface area contributed by atoms with Crippen molar-refractivity contribution in [3.8, 4) is 0 Å². The van der Waals surface area contributed by atoms with E-state index in [2.05, 4.69) is 0 Å². The molecule has 2 aromatic carbocycles. The smallest absolute Gasteiger partial charge is 0.166 e. The van der Waals surface area contributed by atoms with E-state index < -0.39 is 28.9 Å². The minimum Gasteiger partial charge on any atom is -0.166 e. The minimum absolute atomic E-state index is 0.0653. The van der Waals surface area contributed by atoms with Crippen molar-refractivity contribution in [3.63, 3.8) is 0 Å². The molecule has 0 aliphatic heterocycles. The summed E-state index contributed by atoms with van der Waals surface area (Å²) in [6.45, 7) is 0. The molecule has 0 spiro atoms. The summed E-state index contributed by atoms with van der Waals surface area (Å²) in [6.07, 6.45) is -9.50. The average molecular weight is 299 g/mol. The van der Waals surface area contributed by atoms with Gasteiger partial charge in [0.1, 0.15) is 0 Å². The van der Waals surface area contributed by atoms with E-state index in [4.69, 9.17) is 11.6 Å². The van der Waals surface area contributed by atoms with Crippen molar-refractivity contribution in [3.05, 3.63) is 46.5 Å². The summed E-state index contributed by atoms with van der Waals surface area (Å²) in [5, 5.41) is -0.991. The van der Waals surface area contributed by atoms with Crippen molar-refractivity contribution >= 4 is 22.4 Å². The van der Waals surface area contributed by atoms with Crippen molar-refractivity contribution < 1.29 is 26.3 Å². The highest BCUT2D eigenvalue weighted by molar-refractivity contribution is 6.35. The fourth-order valence-corrected chi connectivity index (χ4v) is 2.03. The second-order valence-corrected chi connectivity index (χ2v) is 4.26. The molecule has 0 saturated heterocycles. The second-order valence-electron chi connectivity index (χ2n) is 3.85. The van der Waals surface area contributed by atoms with E-state index in [1.807, 2.05) is 0 Å². The van der Waals surface area contributed by atoms with Crippen LogP contribution in [0.15, 0.2) is 30.3 Å². The van der Waals surface area contributed by atoms with Crippen molar-refractivity contribution in [1.29, 1.82) is 0 Å². The largest absolute Gasteiger partial charge is 0.417 e. The number of fused-ring (bicyclic) bond motifs is 1. The Kier molecular flexibility index (Phi) is 3.16. The Morgan fingerprint density at radius 2 is 1.42 bits per heavy atom. The zero-order valence-electron chi connectivity index (χ0n) is 9.03. The third-order valence-electron chi connectivity index (χ3n) is 2.58. The molecule has 0 saturated carbocycles. The van der Waals surface area contributed by atoms with Crippen LogP contribution >= 0.6 is 11.6 Å². The highest BCUT2D eigenvalue weighted by atomic mass is 35.5. The predicted molar refractivity (Wildman–Crippen MR) is 59.0 cm³/mol. The lowest BCUT2D eigenvalue weighted by atomic mass is 10.0. The first-order chi connectivity index (χ1) is 8.60. The molecule has 0 atom stereocenters. The number of benzene rings is 2. The maximum Gasteiger partial charge on any atom is 0.417 e. The van der Waals surface area contributed by atoms with Crippen LogP contribution in [0.5, 0.6) is 0 Å². The van der Waals surface area contributed by atoms with Crippen LogP contribution in [0, 0.1) is 0 Å². The Morgan fingerprint density at radius 3 is 1.95 bits per heavy atom. The first kappa shape index (κ1) is 14.0. The van der Waals surface area contributed by atoms with Gasteiger partial charge in [-0.2, -0.15) is 26.3 Å². The Labute approximate surface area is 108 Å². The third-order valence-corrected chi connectivity index (χ3v) is 2.89. The molecule has 0 aromatic heterocycles. The normalized spacial score (nSPS) is 13.0. The molecular formula is C12H5ClF6. The van der Waals surface area contributed by atoms with Gasteiger partial charge in [-0.25, -0.2) is 0 Å². The second kappa shape index (κ2) is 4.30. The molecule has 0 nitrogen and oxygen atoms in total. The van der Waals surface area contributed by atoms with E-state index in [0.29, 0.717) is 12.1 Å². The summed E-state index contributed by atoms with van der Waals surface area (Å²) in [5.74, 6) is 0. The Balaban J connectivity index is 2.84. The molecule has 19 heavy (non-hydrogen) atoms. The Hall–Kier alpha value is -1.43. The molecular weight excluding hydrogens is 294 g/mol. The van der Waals surface area contributed by atoms with Gasteiger partial charge in [0.25, 0.3) is 0 Å². The van der Waals surface area contributed by atoms with Gasteiger partial charge in [-0.15, -0.1) is 0 Å². The van der Waals surface area contributed by atoms with Crippen LogP contribution in [0.3, 0.4) is 0 Å². The van der Waals surface area contributed by atoms with Gasteiger partial charge in [0.15, 0.2) is 0 Å². The lowest BCUT2D eigenvalue weighted by molar-refractivity contribution is -0.139. The first-order valence-corrected chi connectivity index (χ1v) is 5.35. The monoisotopic (exact) mass is 298 g/mol. The van der Waals surface area contributed by atoms with Gasteiger partial charge in [-0.1, -0.05) is 23.7 Å². The number of rotatable bonds is 0. The molecule has 2 aromatic rings. The van der Waals surface area contributed by atoms with E-state index in [0.717, 1.165) is 12.1 Å². The van der Waals surface area contributed by atoms with E-state index >= 15 is 0 Å². The molecule has 0 heterocycles. The molecule has 7 heteroatoms. The quantitative estimate of drug-likeness (QED) is 0.561. The van der Waals surface area contributed by atoms with Crippen molar-refractivity contribution in [2.24, 2.45) is 0 Å². The summed E-state index contributed by atoms with van der Waals surface area (Å²) >= 11 is 5.62. The van der Waals surface area contributed by atoms with Gasteiger partial charge in [0, 0.05) is 10.4 Å². The Bertz CT molecular complexity index is 626. The van der Waals surface area contributed by atoms with E-state index in [1.165, 1.54) is 6.07 Å². The molecule has 102 valence electrons. The lowest BCUT2D eigenvalue weighted by Crippen LogP contribution is -2.08. The minimum atomic E-state index is -4.75. The van der Waals surface area contributed by atoms with Gasteiger partial charge in [0.05, 0.1) is 11.1 Å². The number of alkyl halides is 6. The van der Waals surface area contributed by atoms with E-state index in [1.54, 1.807) is 0 Å². The van der Waals surface area contributed by atoms with Crippen LogP contribution in [0.4, 0.5) is 26.3 Å². The summed E-state index contributed by atoms with van der Waals surface area (Å²) in [6, 6.07) is 4.14. The molecule has 0 fully saturated rings. The summed E-state index contributed by atoms with van der Waals surface area (Å²) in [5.41, 5.74) is -2.35. The lowest BCUT2D eigenvalue weighted by Gasteiger charge is -2.14. The van der Waals surface area contributed by atoms with Gasteiger partial charge < -0.3 is 0 Å². The summed E-state index contributed by atoms with van der Waals surface area (Å²) in [7, 11) is 0. The predicted octanol–water partition coefficient (Wildman–Crippen LogP) is 5.53. The number of hydrogen-bond acceptors (Lipinski definition) is 0. The molecule has 0 radical (unpaired) electrons. The van der Waals surface area contributed by atoms with Crippen LogP contribution in [0.25, 0.3) is 10.8 Å². The van der Waals surface area contributed by atoms with Crippen molar-refractivity contribution in [1.82, 2.24) is 0 Å². The molecule has 0 amide bonds. The maximum absolute atomic E-state index is 12.8. The molecule has 0 aliphatic rings. The molecule has 0 unspecified atom stereocenters. The third kappa shape index (κ3) is 2.63. The highest BCUT2D eigenvalue weighted by Crippen LogP contribution is 2.40. The van der Waals surface area contributed by atoms with Crippen molar-refractivity contribution in [2.75, 3.05) is 0 Å². The van der Waals surface area contributed by atoms with Crippen molar-refractivity contribution in [2.45, 2.75) is 12.4 Å². The van der Waals surface area contributed by atoms with Crippen LogP contribution in [0.1, 0.15) is 11.1 Å². The summed E-state index contributed by atoms with van der Waals surface area (Å²) in [4.78, 5) is 0. The first-order valence-electron chi connectivity index (χ1n) is 4.97. The zero-order chi connectivity index (χ0) is 14.4. The average Bonchev–Trinajstić information content (AvgIpc) is 2.25. The molecule has 0 bridgehead atoms. The number of halogens is 7. The fraction of sp³-hybridized carbons (Fsp3) is 0.167. The Morgan fingerprint density at radius 1 is 0.789 bits per heavy atom. The number of hydrogen-bond donors (Lipinski definition) is 0.